The second-order valence-electron chi connectivity index (χ2n) is 3.86. The fourth-order valence-electron chi connectivity index (χ4n) is 1.63. The van der Waals surface area contributed by atoms with Crippen molar-refractivity contribution < 1.29 is 8.42 Å². The van der Waals surface area contributed by atoms with E-state index in [1.165, 1.54) is 10.4 Å². The number of hydrogen-bond donors (Lipinski definition) is 0. The maximum absolute atomic E-state index is 12.3. The van der Waals surface area contributed by atoms with Crippen molar-refractivity contribution in [2.45, 2.75) is 31.6 Å². The number of nitrogens with zero attached hydrogens (tertiary/aromatic N) is 1. The predicted octanol–water partition coefficient (Wildman–Crippen LogP) is 3.15. The van der Waals surface area contributed by atoms with Crippen molar-refractivity contribution in [1.82, 2.24) is 4.31 Å². The molecule has 3 nitrogen and oxygen atoms in total. The summed E-state index contributed by atoms with van der Waals surface area (Å²) in [7, 11) is -3.40. The van der Waals surface area contributed by atoms with Crippen molar-refractivity contribution in [2.75, 3.05) is 13.1 Å². The van der Waals surface area contributed by atoms with Gasteiger partial charge in [0, 0.05) is 18.1 Å². The summed E-state index contributed by atoms with van der Waals surface area (Å²) in [6.45, 7) is 5.03. The maximum Gasteiger partial charge on any atom is 0.243 e. The zero-order chi connectivity index (χ0) is 12.9. The molecule has 0 saturated carbocycles. The molecule has 0 amide bonds. The van der Waals surface area contributed by atoms with Crippen LogP contribution in [0.4, 0.5) is 0 Å². The van der Waals surface area contributed by atoms with Gasteiger partial charge in [0.15, 0.2) is 0 Å². The molecule has 1 aromatic carbocycles. The lowest BCUT2D eigenvalue weighted by molar-refractivity contribution is 0.410. The third kappa shape index (κ3) is 3.69. The van der Waals surface area contributed by atoms with Gasteiger partial charge in [-0.1, -0.05) is 31.5 Å². The molecule has 0 aromatic heterocycles. The Labute approximate surface area is 108 Å². The molecule has 0 spiro atoms. The molecular weight excluding hydrogens is 258 g/mol. The molecule has 1 rings (SSSR count). The summed E-state index contributed by atoms with van der Waals surface area (Å²) in [5.41, 5.74) is 0. The highest BCUT2D eigenvalue weighted by atomic mass is 35.5. The van der Waals surface area contributed by atoms with Gasteiger partial charge in [0.1, 0.15) is 0 Å². The first-order valence-electron chi connectivity index (χ1n) is 5.78. The average Bonchev–Trinajstić information content (AvgIpc) is 2.29. The molecular formula is C12H18ClNO2S. The van der Waals surface area contributed by atoms with Crippen LogP contribution >= 0.6 is 11.6 Å². The fourth-order valence-corrected chi connectivity index (χ4v) is 3.55. The molecule has 0 N–H and O–H groups in total. The zero-order valence-electron chi connectivity index (χ0n) is 10.2. The second-order valence-corrected chi connectivity index (χ2v) is 6.24. The number of benzene rings is 1. The largest absolute Gasteiger partial charge is 0.243 e. The standard InChI is InChI=1S/C12H18ClNO2S/c1-3-8-14(9-4-2)17(15,16)12-7-5-6-11(13)10-12/h5-7,10H,3-4,8-9H2,1-2H3. The first kappa shape index (κ1) is 14.5. The quantitative estimate of drug-likeness (QED) is 0.800. The van der Waals surface area contributed by atoms with E-state index in [2.05, 4.69) is 0 Å². The van der Waals surface area contributed by atoms with Crippen LogP contribution in [0.5, 0.6) is 0 Å². The molecule has 5 heteroatoms. The zero-order valence-corrected chi connectivity index (χ0v) is 11.8. The SMILES string of the molecule is CCCN(CCC)S(=O)(=O)c1cccc(Cl)c1. The summed E-state index contributed by atoms with van der Waals surface area (Å²) in [5.74, 6) is 0. The highest BCUT2D eigenvalue weighted by Crippen LogP contribution is 2.20. The molecule has 1 aromatic rings. The van der Waals surface area contributed by atoms with Gasteiger partial charge in [-0.3, -0.25) is 0 Å². The molecule has 0 aliphatic rings. The molecule has 0 aliphatic heterocycles. The van der Waals surface area contributed by atoms with Crippen LogP contribution in [0.15, 0.2) is 29.2 Å². The van der Waals surface area contributed by atoms with E-state index in [9.17, 15) is 8.42 Å². The lowest BCUT2D eigenvalue weighted by atomic mass is 10.4. The van der Waals surface area contributed by atoms with Crippen LogP contribution in [0.3, 0.4) is 0 Å². The first-order chi connectivity index (χ1) is 8.02. The first-order valence-corrected chi connectivity index (χ1v) is 7.60. The average molecular weight is 276 g/mol. The maximum atomic E-state index is 12.3. The molecule has 0 fully saturated rings. The second kappa shape index (κ2) is 6.38. The Morgan fingerprint density at radius 2 is 1.76 bits per heavy atom. The minimum Gasteiger partial charge on any atom is -0.207 e. The third-order valence-corrected chi connectivity index (χ3v) is 4.51. The molecule has 0 atom stereocenters. The monoisotopic (exact) mass is 275 g/mol. The van der Waals surface area contributed by atoms with Crippen LogP contribution in [0.25, 0.3) is 0 Å². The van der Waals surface area contributed by atoms with E-state index >= 15 is 0 Å². The summed E-state index contributed by atoms with van der Waals surface area (Å²) < 4.78 is 26.2. The van der Waals surface area contributed by atoms with Gasteiger partial charge in [-0.2, -0.15) is 4.31 Å². The third-order valence-electron chi connectivity index (χ3n) is 2.38. The Morgan fingerprint density at radius 1 is 1.18 bits per heavy atom. The number of hydrogen-bond acceptors (Lipinski definition) is 2. The van der Waals surface area contributed by atoms with Gasteiger partial charge in [0.25, 0.3) is 0 Å². The lowest BCUT2D eigenvalue weighted by Gasteiger charge is -2.21. The van der Waals surface area contributed by atoms with E-state index < -0.39 is 10.0 Å². The Morgan fingerprint density at radius 3 is 2.24 bits per heavy atom. The van der Waals surface area contributed by atoms with E-state index in [1.54, 1.807) is 18.2 Å². The van der Waals surface area contributed by atoms with Crippen LogP contribution in [-0.2, 0) is 10.0 Å². The van der Waals surface area contributed by atoms with Gasteiger partial charge < -0.3 is 0 Å². The number of halogens is 1. The summed E-state index contributed by atoms with van der Waals surface area (Å²) in [5, 5.41) is 0.444. The van der Waals surface area contributed by atoms with Gasteiger partial charge in [-0.05, 0) is 31.0 Å². The summed E-state index contributed by atoms with van der Waals surface area (Å²) in [6, 6.07) is 6.41. The summed E-state index contributed by atoms with van der Waals surface area (Å²) in [6.07, 6.45) is 1.61. The molecule has 17 heavy (non-hydrogen) atoms. The van der Waals surface area contributed by atoms with Gasteiger partial charge >= 0.3 is 0 Å². The van der Waals surface area contributed by atoms with Crippen molar-refractivity contribution in [1.29, 1.82) is 0 Å². The Hall–Kier alpha value is -0.580. The molecule has 0 heterocycles. The normalized spacial score (nSPS) is 12.0. The van der Waals surface area contributed by atoms with E-state index in [0.29, 0.717) is 18.1 Å². The minimum atomic E-state index is -3.40. The van der Waals surface area contributed by atoms with Gasteiger partial charge in [0.05, 0.1) is 4.90 Å². The van der Waals surface area contributed by atoms with Crippen LogP contribution < -0.4 is 0 Å². The molecule has 0 saturated heterocycles. The minimum absolute atomic E-state index is 0.270. The highest BCUT2D eigenvalue weighted by molar-refractivity contribution is 7.89. The van der Waals surface area contributed by atoms with Gasteiger partial charge in [-0.25, -0.2) is 8.42 Å². The van der Waals surface area contributed by atoms with Gasteiger partial charge in [0.2, 0.25) is 10.0 Å². The van der Waals surface area contributed by atoms with Crippen molar-refractivity contribution in [3.63, 3.8) is 0 Å². The van der Waals surface area contributed by atoms with Crippen molar-refractivity contribution in [3.05, 3.63) is 29.3 Å². The molecule has 0 unspecified atom stereocenters. The Balaban J connectivity index is 3.07. The van der Waals surface area contributed by atoms with E-state index in [-0.39, 0.29) is 4.90 Å². The number of rotatable bonds is 6. The summed E-state index contributed by atoms with van der Waals surface area (Å²) in [4.78, 5) is 0.270. The lowest BCUT2D eigenvalue weighted by Crippen LogP contribution is -2.32. The fraction of sp³-hybridized carbons (Fsp3) is 0.500. The van der Waals surface area contributed by atoms with Crippen LogP contribution in [0.2, 0.25) is 5.02 Å². The molecule has 96 valence electrons. The summed E-state index contributed by atoms with van der Waals surface area (Å²) >= 11 is 5.83. The molecule has 0 radical (unpaired) electrons. The highest BCUT2D eigenvalue weighted by Gasteiger charge is 2.22. The predicted molar refractivity (Wildman–Crippen MR) is 70.8 cm³/mol. The van der Waals surface area contributed by atoms with Gasteiger partial charge in [-0.15, -0.1) is 0 Å². The molecule has 0 aliphatic carbocycles. The Kier molecular flexibility index (Phi) is 5.43. The van der Waals surface area contributed by atoms with Crippen molar-refractivity contribution >= 4 is 21.6 Å². The van der Waals surface area contributed by atoms with Crippen LogP contribution in [-0.4, -0.2) is 25.8 Å². The molecule has 0 bridgehead atoms. The van der Waals surface area contributed by atoms with Crippen LogP contribution in [0.1, 0.15) is 26.7 Å². The van der Waals surface area contributed by atoms with E-state index in [4.69, 9.17) is 11.6 Å². The van der Waals surface area contributed by atoms with Crippen molar-refractivity contribution in [2.24, 2.45) is 0 Å². The Bertz CT molecular complexity index is 453. The van der Waals surface area contributed by atoms with E-state index in [0.717, 1.165) is 12.8 Å². The topological polar surface area (TPSA) is 37.4 Å². The smallest absolute Gasteiger partial charge is 0.207 e. The van der Waals surface area contributed by atoms with Crippen LogP contribution in [0, 0.1) is 0 Å². The number of sulfonamides is 1. The van der Waals surface area contributed by atoms with E-state index in [1.807, 2.05) is 13.8 Å². The van der Waals surface area contributed by atoms with Crippen molar-refractivity contribution in [3.8, 4) is 0 Å².